The second-order valence-corrected chi connectivity index (χ2v) is 5.56. The normalized spacial score (nSPS) is 13.3. The lowest BCUT2D eigenvalue weighted by Gasteiger charge is -2.29. The zero-order valence-electron chi connectivity index (χ0n) is 13.3. The number of carbonyl (C=O) groups excluding carboxylic acids is 1. The monoisotopic (exact) mass is 311 g/mol. The molecule has 4 nitrogen and oxygen atoms in total. The van der Waals surface area contributed by atoms with Crippen LogP contribution in [0.1, 0.15) is 18.4 Å². The number of amides is 1. The Morgan fingerprint density at radius 3 is 2.74 bits per heavy atom. The third-order valence-corrected chi connectivity index (χ3v) is 4.03. The van der Waals surface area contributed by atoms with Crippen molar-refractivity contribution in [3.63, 3.8) is 0 Å². The maximum atomic E-state index is 12.5. The van der Waals surface area contributed by atoms with Crippen LogP contribution < -0.4 is 14.4 Å². The number of fused-ring (bicyclic) bond motifs is 1. The molecule has 1 heterocycles. The Balaban J connectivity index is 1.62. The van der Waals surface area contributed by atoms with E-state index in [1.165, 1.54) is 5.56 Å². The molecule has 1 aliphatic rings. The fourth-order valence-corrected chi connectivity index (χ4v) is 2.87. The van der Waals surface area contributed by atoms with E-state index in [2.05, 4.69) is 0 Å². The first kappa shape index (κ1) is 15.4. The van der Waals surface area contributed by atoms with Crippen LogP contribution in [0.3, 0.4) is 0 Å². The van der Waals surface area contributed by atoms with Crippen LogP contribution in [0.2, 0.25) is 0 Å². The van der Waals surface area contributed by atoms with Crippen LogP contribution in [0.15, 0.2) is 48.5 Å². The fourth-order valence-electron chi connectivity index (χ4n) is 2.87. The number of para-hydroxylation sites is 1. The second kappa shape index (κ2) is 7.18. The van der Waals surface area contributed by atoms with Gasteiger partial charge in [0.2, 0.25) is 5.91 Å². The summed E-state index contributed by atoms with van der Waals surface area (Å²) in [6.45, 7) is 1.16. The van der Waals surface area contributed by atoms with E-state index in [1.54, 1.807) is 7.11 Å². The fraction of sp³-hybridized carbons (Fsp3) is 0.316. The average Bonchev–Trinajstić information content (AvgIpc) is 2.61. The first-order valence-electron chi connectivity index (χ1n) is 7.93. The highest BCUT2D eigenvalue weighted by atomic mass is 16.5. The van der Waals surface area contributed by atoms with E-state index in [9.17, 15) is 4.79 Å². The number of hydrogen-bond donors (Lipinski definition) is 0. The van der Waals surface area contributed by atoms with Crippen LogP contribution in [-0.4, -0.2) is 26.2 Å². The number of methoxy groups -OCH3 is 1. The molecule has 0 N–H and O–H groups in total. The Labute approximate surface area is 136 Å². The van der Waals surface area contributed by atoms with Crippen LogP contribution in [0.4, 0.5) is 5.69 Å². The molecule has 2 aromatic carbocycles. The van der Waals surface area contributed by atoms with Gasteiger partial charge in [-0.25, -0.2) is 0 Å². The largest absolute Gasteiger partial charge is 0.497 e. The van der Waals surface area contributed by atoms with Crippen molar-refractivity contribution >= 4 is 11.6 Å². The predicted molar refractivity (Wildman–Crippen MR) is 90.2 cm³/mol. The van der Waals surface area contributed by atoms with Crippen molar-refractivity contribution in [2.75, 3.05) is 25.2 Å². The number of anilines is 1. The van der Waals surface area contributed by atoms with E-state index in [0.29, 0.717) is 13.0 Å². The lowest BCUT2D eigenvalue weighted by molar-refractivity contribution is -0.119. The molecular formula is C19H21NO3. The van der Waals surface area contributed by atoms with Crippen molar-refractivity contribution in [2.24, 2.45) is 0 Å². The minimum absolute atomic E-state index is 0.104. The highest BCUT2D eigenvalue weighted by Crippen LogP contribution is 2.30. The third-order valence-electron chi connectivity index (χ3n) is 4.03. The van der Waals surface area contributed by atoms with Crippen molar-refractivity contribution in [1.82, 2.24) is 0 Å². The van der Waals surface area contributed by atoms with E-state index in [0.717, 1.165) is 36.6 Å². The Morgan fingerprint density at radius 1 is 1.13 bits per heavy atom. The summed E-state index contributed by atoms with van der Waals surface area (Å²) in [6, 6.07) is 15.5. The Kier molecular flexibility index (Phi) is 4.81. The van der Waals surface area contributed by atoms with Gasteiger partial charge in [-0.05, 0) is 48.7 Å². The Morgan fingerprint density at radius 2 is 1.96 bits per heavy atom. The molecule has 0 atom stereocenters. The molecular weight excluding hydrogens is 290 g/mol. The standard InChI is InChI=1S/C19H21NO3/c1-22-17-9-10-18-15(14-17)6-5-12-20(18)19(21)11-13-23-16-7-3-2-4-8-16/h2-4,7-10,14H,5-6,11-13H2,1H3. The zero-order chi connectivity index (χ0) is 16.1. The molecule has 0 bridgehead atoms. The van der Waals surface area contributed by atoms with Crippen molar-refractivity contribution in [3.05, 3.63) is 54.1 Å². The van der Waals surface area contributed by atoms with Gasteiger partial charge in [0.1, 0.15) is 11.5 Å². The molecule has 4 heteroatoms. The zero-order valence-corrected chi connectivity index (χ0v) is 13.3. The second-order valence-electron chi connectivity index (χ2n) is 5.56. The summed E-state index contributed by atoms with van der Waals surface area (Å²) in [6.07, 6.45) is 2.34. The average molecular weight is 311 g/mol. The van der Waals surface area contributed by atoms with Crippen LogP contribution >= 0.6 is 0 Å². The van der Waals surface area contributed by atoms with Gasteiger partial charge in [-0.15, -0.1) is 0 Å². The summed E-state index contributed by atoms with van der Waals surface area (Å²) < 4.78 is 10.9. The molecule has 0 fully saturated rings. The Bertz CT molecular complexity index is 670. The van der Waals surface area contributed by atoms with Gasteiger partial charge in [-0.2, -0.15) is 0 Å². The number of carbonyl (C=O) groups is 1. The summed E-state index contributed by atoms with van der Waals surface area (Å²) in [5.74, 6) is 1.74. The van der Waals surface area contributed by atoms with Crippen LogP contribution in [-0.2, 0) is 11.2 Å². The lowest BCUT2D eigenvalue weighted by Crippen LogP contribution is -2.36. The summed E-state index contributed by atoms with van der Waals surface area (Å²) in [5.41, 5.74) is 2.18. The van der Waals surface area contributed by atoms with Gasteiger partial charge < -0.3 is 14.4 Å². The molecule has 3 rings (SSSR count). The topological polar surface area (TPSA) is 38.8 Å². The van der Waals surface area contributed by atoms with Gasteiger partial charge in [0.15, 0.2) is 0 Å². The number of aryl methyl sites for hydroxylation is 1. The number of ether oxygens (including phenoxy) is 2. The molecule has 0 spiro atoms. The first-order valence-corrected chi connectivity index (χ1v) is 7.93. The minimum atomic E-state index is 0.104. The molecule has 0 aliphatic carbocycles. The van der Waals surface area contributed by atoms with E-state index in [4.69, 9.17) is 9.47 Å². The van der Waals surface area contributed by atoms with Crippen molar-refractivity contribution in [2.45, 2.75) is 19.3 Å². The number of rotatable bonds is 5. The van der Waals surface area contributed by atoms with E-state index in [-0.39, 0.29) is 5.91 Å². The summed E-state index contributed by atoms with van der Waals surface area (Å²) >= 11 is 0. The smallest absolute Gasteiger partial charge is 0.230 e. The highest BCUT2D eigenvalue weighted by molar-refractivity contribution is 5.94. The van der Waals surface area contributed by atoms with Gasteiger partial charge in [0.05, 0.1) is 20.1 Å². The quantitative estimate of drug-likeness (QED) is 0.849. The molecule has 2 aromatic rings. The predicted octanol–water partition coefficient (Wildman–Crippen LogP) is 3.44. The molecule has 120 valence electrons. The maximum absolute atomic E-state index is 12.5. The molecule has 23 heavy (non-hydrogen) atoms. The van der Waals surface area contributed by atoms with E-state index < -0.39 is 0 Å². The highest BCUT2D eigenvalue weighted by Gasteiger charge is 2.22. The van der Waals surface area contributed by atoms with Crippen LogP contribution in [0.5, 0.6) is 11.5 Å². The number of nitrogens with zero attached hydrogens (tertiary/aromatic N) is 1. The molecule has 0 saturated carbocycles. The van der Waals surface area contributed by atoms with E-state index in [1.807, 2.05) is 53.4 Å². The minimum Gasteiger partial charge on any atom is -0.497 e. The molecule has 0 radical (unpaired) electrons. The van der Waals surface area contributed by atoms with Gasteiger partial charge in [-0.1, -0.05) is 18.2 Å². The van der Waals surface area contributed by atoms with Crippen molar-refractivity contribution in [1.29, 1.82) is 0 Å². The Hall–Kier alpha value is -2.49. The first-order chi connectivity index (χ1) is 11.3. The molecule has 0 unspecified atom stereocenters. The van der Waals surface area contributed by atoms with Crippen molar-refractivity contribution in [3.8, 4) is 11.5 Å². The van der Waals surface area contributed by atoms with Crippen molar-refractivity contribution < 1.29 is 14.3 Å². The van der Waals surface area contributed by atoms with Crippen LogP contribution in [0.25, 0.3) is 0 Å². The number of hydrogen-bond acceptors (Lipinski definition) is 3. The summed E-state index contributed by atoms with van der Waals surface area (Å²) in [5, 5.41) is 0. The van der Waals surface area contributed by atoms with Crippen LogP contribution in [0, 0.1) is 0 Å². The lowest BCUT2D eigenvalue weighted by atomic mass is 10.0. The molecule has 0 aromatic heterocycles. The third kappa shape index (κ3) is 3.65. The van der Waals surface area contributed by atoms with Gasteiger partial charge in [0, 0.05) is 12.2 Å². The molecule has 1 amide bonds. The summed E-state index contributed by atoms with van der Waals surface area (Å²) in [4.78, 5) is 14.4. The summed E-state index contributed by atoms with van der Waals surface area (Å²) in [7, 11) is 1.66. The van der Waals surface area contributed by atoms with E-state index >= 15 is 0 Å². The SMILES string of the molecule is COc1ccc2c(c1)CCCN2C(=O)CCOc1ccccc1. The number of benzene rings is 2. The molecule has 1 aliphatic heterocycles. The van der Waals surface area contributed by atoms with Gasteiger partial charge >= 0.3 is 0 Å². The van der Waals surface area contributed by atoms with Gasteiger partial charge in [-0.3, -0.25) is 4.79 Å². The molecule has 0 saturated heterocycles. The van der Waals surface area contributed by atoms with Gasteiger partial charge in [0.25, 0.3) is 0 Å². The maximum Gasteiger partial charge on any atom is 0.230 e.